The molecule has 0 aliphatic carbocycles. The van der Waals surface area contributed by atoms with Crippen LogP contribution in [0.25, 0.3) is 0 Å². The fourth-order valence-electron chi connectivity index (χ4n) is 7.69. The standard InChI is InChI=1S/4C15H16O2.2CH3.2Ta/c4*1-15(2,11-3-7-13(16)8-4-11)12-5-9-14(17)10-6-12;;;;/h4*3-10,16-17H,1-2H3;2*1H3;;/q;;;;2*-1;;. The van der Waals surface area contributed by atoms with Crippen LogP contribution in [0.2, 0.25) is 0 Å². The van der Waals surface area contributed by atoms with E-state index in [2.05, 4.69) is 55.4 Å². The zero-order chi connectivity index (χ0) is 49.9. The van der Waals surface area contributed by atoms with Crippen molar-refractivity contribution in [1.82, 2.24) is 0 Å². The van der Waals surface area contributed by atoms with Crippen LogP contribution in [-0.2, 0) is 66.4 Å². The van der Waals surface area contributed by atoms with Gasteiger partial charge in [0.05, 0.1) is 0 Å². The van der Waals surface area contributed by atoms with E-state index in [1.807, 2.05) is 97.1 Å². The number of hydrogen-bond donors (Lipinski definition) is 8. The van der Waals surface area contributed by atoms with Crippen molar-refractivity contribution in [3.63, 3.8) is 0 Å². The summed E-state index contributed by atoms with van der Waals surface area (Å²) < 4.78 is 0. The molecule has 0 heterocycles. The monoisotopic (exact) mass is 1300 g/mol. The van der Waals surface area contributed by atoms with E-state index in [0.29, 0.717) is 0 Å². The van der Waals surface area contributed by atoms with E-state index < -0.39 is 0 Å². The van der Waals surface area contributed by atoms with Gasteiger partial charge in [-0.25, -0.2) is 0 Å². The van der Waals surface area contributed by atoms with Crippen molar-refractivity contribution in [2.24, 2.45) is 0 Å². The Morgan fingerprint density at radius 1 is 0.181 bits per heavy atom. The molecule has 8 aromatic rings. The summed E-state index contributed by atoms with van der Waals surface area (Å²) in [4.78, 5) is 0. The molecule has 8 aromatic carbocycles. The largest absolute Gasteiger partial charge is 0.508 e. The Balaban J connectivity index is 0.000000471. The quantitative estimate of drug-likeness (QED) is 0.0698. The summed E-state index contributed by atoms with van der Waals surface area (Å²) in [5.74, 6) is 2.19. The molecule has 2 radical (unpaired) electrons. The number of phenols is 8. The third-order valence-corrected chi connectivity index (χ3v) is 12.7. The van der Waals surface area contributed by atoms with Gasteiger partial charge in [0.15, 0.2) is 0 Å². The summed E-state index contributed by atoms with van der Waals surface area (Å²) in [6, 6.07) is 57.8. The van der Waals surface area contributed by atoms with Crippen molar-refractivity contribution >= 4 is 0 Å². The summed E-state index contributed by atoms with van der Waals surface area (Å²) in [7, 11) is 0. The topological polar surface area (TPSA) is 162 Å². The second-order valence-electron chi connectivity index (χ2n) is 18.9. The van der Waals surface area contributed by atoms with E-state index >= 15 is 0 Å². The first-order valence-electron chi connectivity index (χ1n) is 22.4. The van der Waals surface area contributed by atoms with Gasteiger partial charge in [0.1, 0.15) is 46.0 Å². The first kappa shape index (κ1) is 63.7. The van der Waals surface area contributed by atoms with Crippen molar-refractivity contribution in [3.8, 4) is 46.0 Å². The van der Waals surface area contributed by atoms with Crippen LogP contribution in [0.5, 0.6) is 46.0 Å². The van der Waals surface area contributed by atoms with E-state index in [0.717, 1.165) is 44.5 Å². The predicted molar refractivity (Wildman–Crippen MR) is 286 cm³/mol. The smallest absolute Gasteiger partial charge is 0.115 e. The molecule has 0 unspecified atom stereocenters. The predicted octanol–water partition coefficient (Wildman–Crippen LogP) is 14.6. The number of benzene rings is 8. The van der Waals surface area contributed by atoms with Gasteiger partial charge in [-0.3, -0.25) is 0 Å². The maximum absolute atomic E-state index is 9.30. The van der Waals surface area contributed by atoms with Crippen LogP contribution >= 0.6 is 0 Å². The number of rotatable bonds is 8. The maximum atomic E-state index is 9.30. The van der Waals surface area contributed by atoms with E-state index in [4.69, 9.17) is 0 Å². The van der Waals surface area contributed by atoms with Gasteiger partial charge >= 0.3 is 0 Å². The Labute approximate surface area is 459 Å². The van der Waals surface area contributed by atoms with Gasteiger partial charge in [0.2, 0.25) is 0 Å². The van der Waals surface area contributed by atoms with Crippen molar-refractivity contribution in [1.29, 1.82) is 0 Å². The van der Waals surface area contributed by atoms with Gasteiger partial charge in [-0.1, -0.05) is 152 Å². The van der Waals surface area contributed by atoms with Gasteiger partial charge in [0.25, 0.3) is 0 Å². The number of aromatic hydroxyl groups is 8. The van der Waals surface area contributed by atoms with Crippen molar-refractivity contribution in [3.05, 3.63) is 253 Å². The summed E-state index contributed by atoms with van der Waals surface area (Å²) in [5, 5.41) is 74.4. The fourth-order valence-corrected chi connectivity index (χ4v) is 7.69. The van der Waals surface area contributed by atoms with Gasteiger partial charge in [-0.05, 0) is 142 Å². The van der Waals surface area contributed by atoms with Gasteiger partial charge in [-0.2, -0.15) is 0 Å². The fraction of sp³-hybridized carbons (Fsp3) is 0.194. The molecule has 0 amide bonds. The summed E-state index contributed by atoms with van der Waals surface area (Å²) in [5.41, 5.74) is 8.40. The van der Waals surface area contributed by atoms with E-state index in [9.17, 15) is 40.9 Å². The maximum Gasteiger partial charge on any atom is 0.115 e. The minimum absolute atomic E-state index is 0. The van der Waals surface area contributed by atoms with Crippen LogP contribution in [0.15, 0.2) is 194 Å². The first-order chi connectivity index (χ1) is 32.0. The van der Waals surface area contributed by atoms with Gasteiger partial charge in [-0.15, -0.1) is 0 Å². The van der Waals surface area contributed by atoms with Crippen LogP contribution in [0.1, 0.15) is 99.9 Å². The van der Waals surface area contributed by atoms with Crippen LogP contribution in [-0.4, -0.2) is 40.9 Å². The normalized spacial score (nSPS) is 10.8. The Hall–Kier alpha value is -6.36. The molecule has 0 saturated carbocycles. The van der Waals surface area contributed by atoms with E-state index in [1.54, 1.807) is 97.1 Å². The van der Waals surface area contributed by atoms with Crippen molar-refractivity contribution < 1.29 is 85.6 Å². The molecule has 72 heavy (non-hydrogen) atoms. The molecule has 0 aromatic heterocycles. The Morgan fingerprint density at radius 3 is 0.319 bits per heavy atom. The molecular weight excluding hydrogens is 1230 g/mol. The van der Waals surface area contributed by atoms with Crippen LogP contribution < -0.4 is 0 Å². The first-order valence-corrected chi connectivity index (χ1v) is 22.4. The SMILES string of the molecule is CC(C)(c1ccc(O)cc1)c1ccc(O)cc1.CC(C)(c1ccc(O)cc1)c1ccc(O)cc1.CC(C)(c1ccc(O)cc1)c1ccc(O)cc1.CC(C)(c1ccc(O)cc1)c1ccc(O)cc1.[CH3-].[CH3-].[Ta].[Ta]. The molecule has 0 aliphatic heterocycles. The summed E-state index contributed by atoms with van der Waals surface area (Å²) in [6.07, 6.45) is 0. The van der Waals surface area contributed by atoms with Gasteiger partial charge in [0, 0.05) is 66.4 Å². The molecule has 10 heteroatoms. The molecule has 378 valence electrons. The average molecular weight is 1310 g/mol. The molecule has 0 spiro atoms. The summed E-state index contributed by atoms with van der Waals surface area (Å²) >= 11 is 0. The Bertz CT molecular complexity index is 2200. The summed E-state index contributed by atoms with van der Waals surface area (Å²) in [6.45, 7) is 16.9. The second-order valence-corrected chi connectivity index (χ2v) is 18.9. The zero-order valence-electron chi connectivity index (χ0n) is 42.9. The molecule has 0 aliphatic rings. The van der Waals surface area contributed by atoms with Crippen LogP contribution in [0.4, 0.5) is 0 Å². The molecule has 8 rings (SSSR count). The zero-order valence-corrected chi connectivity index (χ0v) is 49.4. The third kappa shape index (κ3) is 16.9. The van der Waals surface area contributed by atoms with Crippen LogP contribution in [0.3, 0.4) is 0 Å². The Morgan fingerprint density at radius 2 is 0.250 bits per heavy atom. The minimum atomic E-state index is -0.151. The molecule has 0 bridgehead atoms. The minimum Gasteiger partial charge on any atom is -0.508 e. The molecule has 0 fully saturated rings. The van der Waals surface area contributed by atoms with Crippen LogP contribution in [0, 0.1) is 14.9 Å². The van der Waals surface area contributed by atoms with Crippen molar-refractivity contribution in [2.45, 2.75) is 77.0 Å². The molecule has 0 atom stereocenters. The molecule has 0 saturated heterocycles. The molecular formula is C62H70O8Ta2-2. The third-order valence-electron chi connectivity index (χ3n) is 12.7. The average Bonchev–Trinajstić information content (AvgIpc) is 3.31. The molecule has 8 nitrogen and oxygen atoms in total. The van der Waals surface area contributed by atoms with Gasteiger partial charge < -0.3 is 55.7 Å². The Kier molecular flexibility index (Phi) is 24.3. The van der Waals surface area contributed by atoms with E-state index in [-0.39, 0.29) is 127 Å². The second kappa shape index (κ2) is 27.5. The molecule has 8 N–H and O–H groups in total. The van der Waals surface area contributed by atoms with E-state index in [1.165, 1.54) is 0 Å². The number of hydrogen-bond acceptors (Lipinski definition) is 8. The number of phenolic OH excluding ortho intramolecular Hbond substituents is 8. The van der Waals surface area contributed by atoms with Crippen molar-refractivity contribution in [2.75, 3.05) is 0 Å².